The topological polar surface area (TPSA) is 25.8 Å². The molecule has 2 heteroatoms. The fourth-order valence-corrected chi connectivity index (χ4v) is 3.52. The molecule has 0 aliphatic heterocycles. The van der Waals surface area contributed by atoms with Crippen molar-refractivity contribution in [1.82, 2.24) is 9.97 Å². The lowest BCUT2D eigenvalue weighted by Crippen LogP contribution is -1.91. The normalized spacial score (nSPS) is 12.1. The molecule has 2 aromatic heterocycles. The molecular formula is C26H22N2. The monoisotopic (exact) mass is 362 g/mol. The van der Waals surface area contributed by atoms with Gasteiger partial charge in [0.2, 0.25) is 0 Å². The number of aromatic nitrogens is 2. The number of fused-ring (bicyclic) bond motifs is 3. The van der Waals surface area contributed by atoms with Gasteiger partial charge in [0.15, 0.2) is 0 Å². The zero-order valence-electron chi connectivity index (χ0n) is 16.2. The Morgan fingerprint density at radius 1 is 1.00 bits per heavy atom. The third-order valence-electron chi connectivity index (χ3n) is 4.99. The molecule has 0 spiro atoms. The van der Waals surface area contributed by atoms with Crippen LogP contribution in [0.3, 0.4) is 0 Å². The lowest BCUT2D eigenvalue weighted by atomic mass is 10.0. The maximum Gasteiger partial charge on any atom is 0.0972 e. The van der Waals surface area contributed by atoms with Crippen molar-refractivity contribution in [3.05, 3.63) is 103 Å². The molecule has 0 fully saturated rings. The number of hydrogen-bond donors (Lipinski definition) is 0. The first-order chi connectivity index (χ1) is 13.7. The second kappa shape index (κ2) is 7.61. The number of pyridine rings is 2. The van der Waals surface area contributed by atoms with Crippen molar-refractivity contribution >= 4 is 27.4 Å². The summed E-state index contributed by atoms with van der Waals surface area (Å²) in [5.41, 5.74) is 7.53. The molecule has 0 radical (unpaired) electrons. The average molecular weight is 362 g/mol. The summed E-state index contributed by atoms with van der Waals surface area (Å²) in [7, 11) is 0. The van der Waals surface area contributed by atoms with Gasteiger partial charge < -0.3 is 0 Å². The largest absolute Gasteiger partial charge is 0.254 e. The lowest BCUT2D eigenvalue weighted by Gasteiger charge is -2.09. The molecule has 0 aliphatic rings. The van der Waals surface area contributed by atoms with Crippen molar-refractivity contribution < 1.29 is 0 Å². The highest BCUT2D eigenvalue weighted by atomic mass is 14.8. The summed E-state index contributed by atoms with van der Waals surface area (Å²) in [4.78, 5) is 9.55. The molecule has 0 unspecified atom stereocenters. The van der Waals surface area contributed by atoms with Crippen LogP contribution in [0.15, 0.2) is 91.7 Å². The van der Waals surface area contributed by atoms with Crippen LogP contribution >= 0.6 is 0 Å². The van der Waals surface area contributed by atoms with Crippen molar-refractivity contribution in [2.45, 2.75) is 13.8 Å². The van der Waals surface area contributed by atoms with E-state index in [2.05, 4.69) is 79.2 Å². The number of rotatable bonds is 4. The van der Waals surface area contributed by atoms with E-state index < -0.39 is 0 Å². The van der Waals surface area contributed by atoms with Gasteiger partial charge >= 0.3 is 0 Å². The molecule has 2 aromatic carbocycles. The molecule has 2 nitrogen and oxygen atoms in total. The molecule has 136 valence electrons. The van der Waals surface area contributed by atoms with Crippen molar-refractivity contribution in [2.75, 3.05) is 0 Å². The molecule has 0 aliphatic carbocycles. The third-order valence-corrected chi connectivity index (χ3v) is 4.99. The summed E-state index contributed by atoms with van der Waals surface area (Å²) in [5, 5.41) is 2.27. The summed E-state index contributed by atoms with van der Waals surface area (Å²) in [6, 6.07) is 19.0. The van der Waals surface area contributed by atoms with Gasteiger partial charge in [-0.3, -0.25) is 4.98 Å². The Bertz CT molecular complexity index is 1230. The Morgan fingerprint density at radius 3 is 2.57 bits per heavy atom. The quantitative estimate of drug-likeness (QED) is 0.291. The predicted molar refractivity (Wildman–Crippen MR) is 120 cm³/mol. The van der Waals surface area contributed by atoms with Crippen molar-refractivity contribution in [1.29, 1.82) is 0 Å². The van der Waals surface area contributed by atoms with Crippen LogP contribution in [0.4, 0.5) is 0 Å². The number of benzene rings is 2. The number of nitrogens with zero attached hydrogens (tertiary/aromatic N) is 2. The van der Waals surface area contributed by atoms with Crippen LogP contribution in [0.25, 0.3) is 38.6 Å². The van der Waals surface area contributed by atoms with Gasteiger partial charge in [-0.25, -0.2) is 4.98 Å². The Morgan fingerprint density at radius 2 is 1.82 bits per heavy atom. The minimum Gasteiger partial charge on any atom is -0.254 e. The predicted octanol–water partition coefficient (Wildman–Crippen LogP) is 6.90. The van der Waals surface area contributed by atoms with E-state index in [0.717, 1.165) is 33.1 Å². The minimum absolute atomic E-state index is 0.950. The van der Waals surface area contributed by atoms with E-state index in [4.69, 9.17) is 4.98 Å². The summed E-state index contributed by atoms with van der Waals surface area (Å²) >= 11 is 0. The Kier molecular flexibility index (Phi) is 4.86. The fourth-order valence-electron chi connectivity index (χ4n) is 3.52. The second-order valence-electron chi connectivity index (χ2n) is 6.78. The van der Waals surface area contributed by atoms with Crippen LogP contribution in [-0.4, -0.2) is 9.97 Å². The van der Waals surface area contributed by atoms with E-state index >= 15 is 0 Å². The molecule has 0 atom stereocenters. The van der Waals surface area contributed by atoms with E-state index in [1.807, 2.05) is 25.3 Å². The first kappa shape index (κ1) is 17.9. The summed E-state index contributed by atoms with van der Waals surface area (Å²) in [6.07, 6.45) is 9.74. The van der Waals surface area contributed by atoms with E-state index in [1.165, 1.54) is 16.7 Å². The van der Waals surface area contributed by atoms with Gasteiger partial charge in [-0.15, -0.1) is 0 Å². The Balaban J connectivity index is 1.79. The highest BCUT2D eigenvalue weighted by molar-refractivity contribution is 6.04. The second-order valence-corrected chi connectivity index (χ2v) is 6.78. The maximum absolute atomic E-state index is 4.95. The Hall–Kier alpha value is -3.52. The van der Waals surface area contributed by atoms with Gasteiger partial charge in [0.25, 0.3) is 0 Å². The summed E-state index contributed by atoms with van der Waals surface area (Å²) in [5.74, 6) is 0. The molecule has 2 heterocycles. The molecular weight excluding hydrogens is 340 g/mol. The van der Waals surface area contributed by atoms with Crippen molar-refractivity contribution in [3.63, 3.8) is 0 Å². The molecule has 0 amide bonds. The maximum atomic E-state index is 4.95. The number of hydrogen-bond acceptors (Lipinski definition) is 2. The summed E-state index contributed by atoms with van der Waals surface area (Å²) < 4.78 is 0. The Labute approximate surface area is 165 Å². The molecule has 0 saturated carbocycles. The van der Waals surface area contributed by atoms with Crippen molar-refractivity contribution in [3.8, 4) is 11.3 Å². The number of allylic oxidation sites excluding steroid dienone is 5. The highest BCUT2D eigenvalue weighted by Gasteiger charge is 2.08. The van der Waals surface area contributed by atoms with Crippen LogP contribution in [-0.2, 0) is 0 Å². The van der Waals surface area contributed by atoms with E-state index in [-0.39, 0.29) is 0 Å². The van der Waals surface area contributed by atoms with Gasteiger partial charge in [-0.1, -0.05) is 67.3 Å². The van der Waals surface area contributed by atoms with Crippen LogP contribution in [0.5, 0.6) is 0 Å². The average Bonchev–Trinajstić information content (AvgIpc) is 2.75. The van der Waals surface area contributed by atoms with Gasteiger partial charge in [-0.2, -0.15) is 0 Å². The highest BCUT2D eigenvalue weighted by Crippen LogP contribution is 2.29. The molecule has 0 bridgehead atoms. The first-order valence-corrected chi connectivity index (χ1v) is 9.42. The van der Waals surface area contributed by atoms with Crippen LogP contribution in [0.2, 0.25) is 0 Å². The lowest BCUT2D eigenvalue weighted by molar-refractivity contribution is 1.36. The standard InChI is InChI=1S/C26H22N2/c1-4-6-8-19(5-2)20-10-12-21(13-11-20)24-15-14-22-17-18(3)23-9-7-16-27-26(23)25(22)28-24/h4-17H,1H2,2-3H3/b8-6-,19-5+. The van der Waals surface area contributed by atoms with Gasteiger partial charge in [-0.05, 0) is 48.7 Å². The van der Waals surface area contributed by atoms with Gasteiger partial charge in [0.1, 0.15) is 0 Å². The van der Waals surface area contributed by atoms with Gasteiger partial charge in [0, 0.05) is 22.5 Å². The smallest absolute Gasteiger partial charge is 0.0972 e. The van der Waals surface area contributed by atoms with Gasteiger partial charge in [0.05, 0.1) is 16.7 Å². The first-order valence-electron chi connectivity index (χ1n) is 9.42. The molecule has 0 saturated heterocycles. The zero-order valence-corrected chi connectivity index (χ0v) is 16.2. The molecule has 28 heavy (non-hydrogen) atoms. The molecule has 0 N–H and O–H groups in total. The zero-order chi connectivity index (χ0) is 19.5. The molecule has 4 rings (SSSR count). The SMILES string of the molecule is C=C/C=C\C(=C/C)c1ccc(-c2ccc3cc(C)c4cccnc4c3n2)cc1. The van der Waals surface area contributed by atoms with E-state index in [9.17, 15) is 0 Å². The summed E-state index contributed by atoms with van der Waals surface area (Å²) in [6.45, 7) is 7.90. The molecule has 4 aromatic rings. The van der Waals surface area contributed by atoms with Crippen molar-refractivity contribution in [2.24, 2.45) is 0 Å². The fraction of sp³-hybridized carbons (Fsp3) is 0.0769. The number of aryl methyl sites for hydroxylation is 1. The minimum atomic E-state index is 0.950. The third kappa shape index (κ3) is 3.25. The van der Waals surface area contributed by atoms with Crippen LogP contribution in [0.1, 0.15) is 18.1 Å². The van der Waals surface area contributed by atoms with Crippen LogP contribution in [0, 0.1) is 6.92 Å². The van der Waals surface area contributed by atoms with Crippen LogP contribution < -0.4 is 0 Å². The van der Waals surface area contributed by atoms with E-state index in [1.54, 1.807) is 6.08 Å². The van der Waals surface area contributed by atoms with E-state index in [0.29, 0.717) is 0 Å².